The number of benzene rings is 2. The van der Waals surface area contributed by atoms with Crippen molar-refractivity contribution in [2.45, 2.75) is 6.54 Å². The normalized spacial score (nSPS) is 10.7. The summed E-state index contributed by atoms with van der Waals surface area (Å²) in [6, 6.07) is 14.2. The monoisotopic (exact) mass is 396 g/mol. The molecule has 1 aromatic heterocycles. The minimum absolute atomic E-state index is 0.150. The van der Waals surface area contributed by atoms with E-state index in [1.165, 1.54) is 18.2 Å². The van der Waals surface area contributed by atoms with E-state index in [0.717, 1.165) is 17.2 Å². The minimum Gasteiger partial charge on any atom is -0.397 e. The van der Waals surface area contributed by atoms with Crippen LogP contribution in [0.3, 0.4) is 0 Å². The number of pyridine rings is 1. The third-order valence-electron chi connectivity index (χ3n) is 4.06. The Morgan fingerprint density at radius 3 is 2.59 bits per heavy atom. The Kier molecular flexibility index (Phi) is 6.32. The molecule has 146 valence electrons. The molecule has 2 aromatic carbocycles. The topological polar surface area (TPSA) is 97.1 Å². The highest BCUT2D eigenvalue weighted by atomic mass is 19.1. The summed E-state index contributed by atoms with van der Waals surface area (Å²) in [5.41, 5.74) is 8.28. The number of hydrogen-bond acceptors (Lipinski definition) is 4. The van der Waals surface area contributed by atoms with Crippen molar-refractivity contribution in [2.75, 3.05) is 11.1 Å². The number of carbonyl (C=O) groups is 2. The molecule has 7 heteroatoms. The molecule has 0 saturated heterocycles. The van der Waals surface area contributed by atoms with Crippen molar-refractivity contribution >= 4 is 29.3 Å². The van der Waals surface area contributed by atoms with Crippen LogP contribution in [0.25, 0.3) is 6.08 Å². The molecule has 0 spiro atoms. The Morgan fingerprint density at radius 2 is 1.90 bits per heavy atom. The van der Waals surface area contributed by atoms with Crippen molar-refractivity contribution in [1.29, 1.82) is 0 Å². The molecule has 0 radical (unpaired) electrons. The zero-order valence-electron chi connectivity index (χ0n) is 15.4. The highest BCUT2D eigenvalue weighted by Gasteiger charge is 2.09. The van der Waals surface area contributed by atoms with E-state index >= 15 is 0 Å². The number of halogens is 1. The molecule has 0 fully saturated rings. The second-order valence-corrected chi connectivity index (χ2v) is 6.22. The lowest BCUT2D eigenvalue weighted by Crippen LogP contribution is -2.20. The fourth-order valence-electron chi connectivity index (χ4n) is 2.51. The molecule has 3 aromatic rings. The number of nitrogens with one attached hydrogen (secondary N) is 2. The van der Waals surface area contributed by atoms with Gasteiger partial charge < -0.3 is 16.4 Å². The number of nitrogens with two attached hydrogens (primary N) is 1. The SMILES string of the molecule is Nc1cc(F)ccc1NC(=O)[13c]1[13cH][13cH][13c](CNC(=O)/C=C/c2cccnc2)[13cH][13cH]1. The summed E-state index contributed by atoms with van der Waals surface area (Å²) in [5, 5.41) is 5.41. The van der Waals surface area contributed by atoms with Gasteiger partial charge in [0.25, 0.3) is 5.91 Å². The van der Waals surface area contributed by atoms with Gasteiger partial charge in [0.1, 0.15) is 5.82 Å². The van der Waals surface area contributed by atoms with Crippen LogP contribution < -0.4 is 16.4 Å². The predicted octanol–water partition coefficient (Wildman–Crippen LogP) is 3.38. The summed E-state index contributed by atoms with van der Waals surface area (Å²) in [4.78, 5) is 28.2. The highest BCUT2D eigenvalue weighted by Crippen LogP contribution is 2.20. The lowest BCUT2D eigenvalue weighted by atomic mass is 10.2. The van der Waals surface area contributed by atoms with Crippen molar-refractivity contribution in [1.82, 2.24) is 10.3 Å². The molecule has 6 nitrogen and oxygen atoms in total. The van der Waals surface area contributed by atoms with Crippen LogP contribution in [-0.4, -0.2) is 16.8 Å². The van der Waals surface area contributed by atoms with Crippen LogP contribution in [0.5, 0.6) is 0 Å². The maximum atomic E-state index is 13.1. The number of nitrogen functional groups attached to an aromatic ring is 1. The van der Waals surface area contributed by atoms with Gasteiger partial charge in [0.15, 0.2) is 0 Å². The van der Waals surface area contributed by atoms with E-state index in [1.54, 1.807) is 48.8 Å². The van der Waals surface area contributed by atoms with Crippen LogP contribution in [0.4, 0.5) is 15.8 Å². The van der Waals surface area contributed by atoms with E-state index in [1.807, 2.05) is 6.07 Å². The molecule has 0 aliphatic rings. The molecule has 0 aliphatic heterocycles. The Labute approximate surface area is 167 Å². The van der Waals surface area contributed by atoms with Crippen LogP contribution >= 0.6 is 0 Å². The van der Waals surface area contributed by atoms with E-state index in [9.17, 15) is 14.0 Å². The van der Waals surface area contributed by atoms with Gasteiger partial charge in [0.05, 0.1) is 11.4 Å². The number of carbonyl (C=O) groups excluding carboxylic acids is 2. The average Bonchev–Trinajstić information content (AvgIpc) is 2.74. The second-order valence-electron chi connectivity index (χ2n) is 6.22. The van der Waals surface area contributed by atoms with Gasteiger partial charge in [-0.25, -0.2) is 4.39 Å². The number of amides is 2. The number of aromatic nitrogens is 1. The first-order valence-corrected chi connectivity index (χ1v) is 8.82. The molecule has 0 saturated carbocycles. The van der Waals surface area contributed by atoms with E-state index in [-0.39, 0.29) is 17.5 Å². The first-order chi connectivity index (χ1) is 14.0. The van der Waals surface area contributed by atoms with Crippen molar-refractivity contribution in [3.63, 3.8) is 0 Å². The molecule has 0 unspecified atom stereocenters. The molecule has 4 N–H and O–H groups in total. The molecule has 29 heavy (non-hydrogen) atoms. The highest BCUT2D eigenvalue weighted by molar-refractivity contribution is 6.05. The van der Waals surface area contributed by atoms with Crippen molar-refractivity contribution in [2.24, 2.45) is 0 Å². The largest absolute Gasteiger partial charge is 0.397 e. The summed E-state index contributed by atoms with van der Waals surface area (Å²) >= 11 is 0. The Hall–Kier alpha value is -4.00. The Morgan fingerprint density at radius 1 is 1.10 bits per heavy atom. The van der Waals surface area contributed by atoms with Gasteiger partial charge in [0.2, 0.25) is 5.91 Å². The molecular weight excluding hydrogens is 377 g/mol. The fourth-order valence-corrected chi connectivity index (χ4v) is 2.51. The minimum atomic E-state index is -0.470. The molecule has 0 atom stereocenters. The Bertz CT molecular complexity index is 1030. The molecule has 1 heterocycles. The maximum Gasteiger partial charge on any atom is 0.255 e. The third-order valence-corrected chi connectivity index (χ3v) is 4.06. The van der Waals surface area contributed by atoms with E-state index in [2.05, 4.69) is 15.6 Å². The zero-order valence-corrected chi connectivity index (χ0v) is 15.4. The zero-order chi connectivity index (χ0) is 20.6. The van der Waals surface area contributed by atoms with Crippen LogP contribution in [-0.2, 0) is 11.3 Å². The molecular formula is C22H19FN4O2. The second kappa shape index (κ2) is 9.27. The van der Waals surface area contributed by atoms with Crippen molar-refractivity contribution in [3.05, 3.63) is 95.6 Å². The van der Waals surface area contributed by atoms with Crippen LogP contribution in [0, 0.1) is 5.82 Å². The summed E-state index contributed by atoms with van der Waals surface area (Å²) in [6.45, 7) is 0.322. The first-order valence-electron chi connectivity index (χ1n) is 8.82. The number of nitrogens with zero attached hydrogens (tertiary/aromatic N) is 1. The van der Waals surface area contributed by atoms with Gasteiger partial charge in [-0.3, -0.25) is 14.6 Å². The van der Waals surface area contributed by atoms with Gasteiger partial charge in [-0.15, -0.1) is 0 Å². The van der Waals surface area contributed by atoms with Crippen LogP contribution in [0.15, 0.2) is 73.1 Å². The predicted molar refractivity (Wildman–Crippen MR) is 110 cm³/mol. The third kappa shape index (κ3) is 5.74. The van der Waals surface area contributed by atoms with Gasteiger partial charge in [-0.05, 0) is 53.6 Å². The fraction of sp³-hybridized carbons (Fsp3) is 0.0455. The van der Waals surface area contributed by atoms with E-state index in [0.29, 0.717) is 17.8 Å². The van der Waals surface area contributed by atoms with Gasteiger partial charge >= 0.3 is 0 Å². The Balaban J connectivity index is 1.53. The van der Waals surface area contributed by atoms with Crippen molar-refractivity contribution in [3.8, 4) is 0 Å². The van der Waals surface area contributed by atoms with E-state index in [4.69, 9.17) is 5.73 Å². The lowest BCUT2D eigenvalue weighted by Gasteiger charge is -2.09. The smallest absolute Gasteiger partial charge is 0.255 e. The molecule has 0 bridgehead atoms. The molecule has 0 aliphatic carbocycles. The van der Waals surface area contributed by atoms with Gasteiger partial charge in [-0.2, -0.15) is 0 Å². The summed E-state index contributed by atoms with van der Waals surface area (Å²) in [6.07, 6.45) is 6.44. The van der Waals surface area contributed by atoms with Gasteiger partial charge in [0, 0.05) is 30.6 Å². The van der Waals surface area contributed by atoms with Crippen molar-refractivity contribution < 1.29 is 14.0 Å². The first kappa shape index (κ1) is 19.8. The summed E-state index contributed by atoms with van der Waals surface area (Å²) in [7, 11) is 0. The number of hydrogen-bond donors (Lipinski definition) is 3. The standard InChI is InChI=1S/C22H19FN4O2/c23-18-8-9-20(19(24)12-18)27-22(29)17-6-3-16(4-7-17)14-26-21(28)10-5-15-2-1-11-25-13-15/h1-13H,14,24H2,(H,26,28)(H,27,29)/b10-5+/i3+1,4+1,6+1,7+1,16+1,17+1. The quantitative estimate of drug-likeness (QED) is 0.440. The summed E-state index contributed by atoms with van der Waals surface area (Å²) in [5.74, 6) is -1.07. The number of anilines is 2. The number of rotatable bonds is 6. The van der Waals surface area contributed by atoms with Crippen LogP contribution in [0.1, 0.15) is 21.5 Å². The van der Waals surface area contributed by atoms with Crippen LogP contribution in [0.2, 0.25) is 0 Å². The lowest BCUT2D eigenvalue weighted by molar-refractivity contribution is -0.116. The van der Waals surface area contributed by atoms with Gasteiger partial charge in [-0.1, -0.05) is 18.2 Å². The average molecular weight is 396 g/mol. The maximum absolute atomic E-state index is 13.1. The van der Waals surface area contributed by atoms with E-state index < -0.39 is 5.82 Å². The summed E-state index contributed by atoms with van der Waals surface area (Å²) < 4.78 is 13.1. The molecule has 3 rings (SSSR count). The molecule has 2 amide bonds.